The summed E-state index contributed by atoms with van der Waals surface area (Å²) in [5, 5.41) is 14.1. The molecule has 37 heavy (non-hydrogen) atoms. The fourth-order valence-corrected chi connectivity index (χ4v) is 6.01. The topological polar surface area (TPSA) is 79.7 Å². The van der Waals surface area contributed by atoms with Crippen LogP contribution < -0.4 is 5.56 Å². The normalized spacial score (nSPS) is 15.5. The summed E-state index contributed by atoms with van der Waals surface area (Å²) in [5.41, 5.74) is 5.32. The average Bonchev–Trinajstić information content (AvgIpc) is 3.37. The summed E-state index contributed by atoms with van der Waals surface area (Å²) in [6.45, 7) is 7.69. The maximum absolute atomic E-state index is 13.3. The van der Waals surface area contributed by atoms with Gasteiger partial charge in [-0.1, -0.05) is 68.1 Å². The Kier molecular flexibility index (Phi) is 7.79. The van der Waals surface area contributed by atoms with Gasteiger partial charge >= 0.3 is 0 Å². The van der Waals surface area contributed by atoms with Gasteiger partial charge in [-0.3, -0.25) is 9.69 Å². The van der Waals surface area contributed by atoms with Crippen LogP contribution in [0.3, 0.4) is 0 Å². The second kappa shape index (κ2) is 11.4. The van der Waals surface area contributed by atoms with E-state index in [9.17, 15) is 4.79 Å². The van der Waals surface area contributed by atoms with Gasteiger partial charge in [-0.15, -0.1) is 5.10 Å². The van der Waals surface area contributed by atoms with Gasteiger partial charge in [0.2, 0.25) is 0 Å². The van der Waals surface area contributed by atoms with Crippen molar-refractivity contribution in [2.24, 2.45) is 0 Å². The van der Waals surface area contributed by atoms with Crippen LogP contribution >= 0.6 is 0 Å². The van der Waals surface area contributed by atoms with Crippen molar-refractivity contribution in [3.05, 3.63) is 87.0 Å². The molecule has 0 saturated heterocycles. The van der Waals surface area contributed by atoms with Crippen molar-refractivity contribution in [1.29, 1.82) is 0 Å². The number of fused-ring (bicyclic) bond motifs is 1. The van der Waals surface area contributed by atoms with E-state index in [0.717, 1.165) is 60.1 Å². The van der Waals surface area contributed by atoms with Crippen molar-refractivity contribution in [2.75, 3.05) is 0 Å². The monoisotopic (exact) mass is 498 g/mol. The molecule has 0 radical (unpaired) electrons. The van der Waals surface area contributed by atoms with Crippen molar-refractivity contribution in [1.82, 2.24) is 30.1 Å². The van der Waals surface area contributed by atoms with Gasteiger partial charge in [-0.25, -0.2) is 4.68 Å². The third-order valence-corrected chi connectivity index (χ3v) is 7.87. The summed E-state index contributed by atoms with van der Waals surface area (Å²) >= 11 is 0. The van der Waals surface area contributed by atoms with Crippen LogP contribution in [-0.2, 0) is 19.5 Å². The van der Waals surface area contributed by atoms with Gasteiger partial charge in [-0.05, 0) is 78.6 Å². The highest BCUT2D eigenvalue weighted by atomic mass is 16.1. The highest BCUT2D eigenvalue weighted by Gasteiger charge is 2.32. The number of aryl methyl sites for hydroxylation is 4. The van der Waals surface area contributed by atoms with E-state index in [4.69, 9.17) is 0 Å². The lowest BCUT2D eigenvalue weighted by Crippen LogP contribution is -2.41. The Morgan fingerprint density at radius 1 is 1.08 bits per heavy atom. The Labute approximate surface area is 218 Å². The Bertz CT molecular complexity index is 1390. The molecule has 2 aromatic carbocycles. The first kappa shape index (κ1) is 25.3. The molecule has 4 aromatic rings. The van der Waals surface area contributed by atoms with Crippen LogP contribution in [0.4, 0.5) is 0 Å². The molecule has 7 nitrogen and oxygen atoms in total. The van der Waals surface area contributed by atoms with Crippen molar-refractivity contribution >= 4 is 10.9 Å². The molecular formula is C30H38N6O. The molecule has 1 N–H and O–H groups in total. The molecule has 0 spiro atoms. The molecule has 1 fully saturated rings. The molecule has 1 unspecified atom stereocenters. The summed E-state index contributed by atoms with van der Waals surface area (Å²) in [6.07, 6.45) is 7.78. The first-order chi connectivity index (χ1) is 18.0. The summed E-state index contributed by atoms with van der Waals surface area (Å²) in [6, 6.07) is 17.3. The minimum atomic E-state index is -0.00113. The van der Waals surface area contributed by atoms with Crippen molar-refractivity contribution in [2.45, 2.75) is 90.9 Å². The van der Waals surface area contributed by atoms with E-state index in [1.54, 1.807) is 0 Å². The number of hydrogen-bond acceptors (Lipinski definition) is 5. The van der Waals surface area contributed by atoms with Crippen LogP contribution in [0.2, 0.25) is 0 Å². The molecule has 0 bridgehead atoms. The van der Waals surface area contributed by atoms with Crippen LogP contribution in [0.5, 0.6) is 0 Å². The second-order valence-electron chi connectivity index (χ2n) is 10.6. The van der Waals surface area contributed by atoms with Gasteiger partial charge in [0.25, 0.3) is 5.56 Å². The SMILES string of the molecule is CCC(c1nnnn1CCc1ccccc1)N(Cc1cc2cc(C)cc(C)c2[nH]c1=O)C1CCCCC1. The lowest BCUT2D eigenvalue weighted by Gasteiger charge is -2.39. The van der Waals surface area contributed by atoms with E-state index in [-0.39, 0.29) is 11.6 Å². The number of tetrazole rings is 1. The molecule has 2 heterocycles. The summed E-state index contributed by atoms with van der Waals surface area (Å²) in [5.74, 6) is 0.896. The third-order valence-electron chi connectivity index (χ3n) is 7.87. The fraction of sp³-hybridized carbons (Fsp3) is 0.467. The number of rotatable bonds is 9. The van der Waals surface area contributed by atoms with Gasteiger partial charge in [0.15, 0.2) is 5.82 Å². The lowest BCUT2D eigenvalue weighted by molar-refractivity contribution is 0.0841. The molecule has 1 aliphatic rings. The maximum atomic E-state index is 13.3. The number of nitrogens with zero attached hydrogens (tertiary/aromatic N) is 5. The fourth-order valence-electron chi connectivity index (χ4n) is 6.01. The smallest absolute Gasteiger partial charge is 0.252 e. The zero-order valence-electron chi connectivity index (χ0n) is 22.3. The standard InChI is InChI=1S/C30H38N6O/c1-4-27(29-32-33-34-36(29)16-15-23-11-7-5-8-12-23)35(26-13-9-6-10-14-26)20-25-19-24-18-21(2)17-22(3)28(24)31-30(25)37/h5,7-8,11-12,17-19,26-27H,4,6,9-10,13-16,20H2,1-3H3,(H,31,37). The zero-order valence-corrected chi connectivity index (χ0v) is 22.3. The van der Waals surface area contributed by atoms with Crippen LogP contribution in [-0.4, -0.2) is 36.1 Å². The lowest BCUT2D eigenvalue weighted by atomic mass is 9.92. The number of H-pyrrole nitrogens is 1. The number of nitrogens with one attached hydrogen (secondary N) is 1. The van der Waals surface area contributed by atoms with E-state index in [1.807, 2.05) is 10.7 Å². The minimum Gasteiger partial charge on any atom is -0.321 e. The van der Waals surface area contributed by atoms with Gasteiger partial charge < -0.3 is 4.98 Å². The van der Waals surface area contributed by atoms with Gasteiger partial charge in [0, 0.05) is 24.7 Å². The molecule has 1 saturated carbocycles. The molecule has 7 heteroatoms. The van der Waals surface area contributed by atoms with Crippen molar-refractivity contribution < 1.29 is 0 Å². The van der Waals surface area contributed by atoms with E-state index >= 15 is 0 Å². The summed E-state index contributed by atoms with van der Waals surface area (Å²) in [7, 11) is 0. The third kappa shape index (κ3) is 5.67. The number of pyridine rings is 1. The first-order valence-corrected chi connectivity index (χ1v) is 13.7. The molecule has 194 valence electrons. The first-order valence-electron chi connectivity index (χ1n) is 13.7. The number of aromatic nitrogens is 5. The molecule has 0 aliphatic heterocycles. The van der Waals surface area contributed by atoms with E-state index in [1.165, 1.54) is 30.4 Å². The molecule has 1 atom stereocenters. The average molecular weight is 499 g/mol. The molecule has 5 rings (SSSR count). The number of benzene rings is 2. The molecule has 2 aromatic heterocycles. The highest BCUT2D eigenvalue weighted by molar-refractivity contribution is 5.82. The van der Waals surface area contributed by atoms with E-state index in [0.29, 0.717) is 12.6 Å². The van der Waals surface area contributed by atoms with Gasteiger partial charge in [0.05, 0.1) is 11.6 Å². The van der Waals surface area contributed by atoms with Gasteiger partial charge in [-0.2, -0.15) is 0 Å². The van der Waals surface area contributed by atoms with E-state index in [2.05, 4.69) is 88.6 Å². The van der Waals surface area contributed by atoms with E-state index < -0.39 is 0 Å². The minimum absolute atomic E-state index is 0.00113. The quantitative estimate of drug-likeness (QED) is 0.322. The van der Waals surface area contributed by atoms with Gasteiger partial charge in [0.1, 0.15) is 0 Å². The zero-order chi connectivity index (χ0) is 25.8. The second-order valence-corrected chi connectivity index (χ2v) is 10.6. The summed E-state index contributed by atoms with van der Waals surface area (Å²) in [4.78, 5) is 19.0. The molecule has 1 aliphatic carbocycles. The van der Waals surface area contributed by atoms with Crippen LogP contribution in [0, 0.1) is 13.8 Å². The predicted octanol–water partition coefficient (Wildman–Crippen LogP) is 5.66. The number of aromatic amines is 1. The van der Waals surface area contributed by atoms with Crippen LogP contribution in [0.15, 0.2) is 53.3 Å². The van der Waals surface area contributed by atoms with Crippen LogP contribution in [0.1, 0.15) is 79.6 Å². The molecular weight excluding hydrogens is 460 g/mol. The Morgan fingerprint density at radius 2 is 1.86 bits per heavy atom. The van der Waals surface area contributed by atoms with Crippen molar-refractivity contribution in [3.63, 3.8) is 0 Å². The van der Waals surface area contributed by atoms with Crippen LogP contribution in [0.25, 0.3) is 10.9 Å². The highest BCUT2D eigenvalue weighted by Crippen LogP contribution is 2.33. The summed E-state index contributed by atoms with van der Waals surface area (Å²) < 4.78 is 1.97. The Morgan fingerprint density at radius 3 is 2.62 bits per heavy atom. The maximum Gasteiger partial charge on any atom is 0.252 e. The number of hydrogen-bond donors (Lipinski definition) is 1. The Hall–Kier alpha value is -3.32. The Balaban J connectivity index is 1.48. The van der Waals surface area contributed by atoms with Crippen molar-refractivity contribution in [3.8, 4) is 0 Å². The molecule has 0 amide bonds. The predicted molar refractivity (Wildman–Crippen MR) is 147 cm³/mol. The largest absolute Gasteiger partial charge is 0.321 e.